The van der Waals surface area contributed by atoms with E-state index in [0.29, 0.717) is 6.54 Å². The molecule has 7 nitrogen and oxygen atoms in total. The summed E-state index contributed by atoms with van der Waals surface area (Å²) in [5.74, 6) is -0.972. The Kier molecular flexibility index (Phi) is 5.46. The van der Waals surface area contributed by atoms with Gasteiger partial charge in [0.1, 0.15) is 5.82 Å². The standard InChI is InChI=1S/C19H18FN5O2/c1-24(12-14-11-21-25(13-14)17-5-3-2-4-6-17)19(27)23-22-18(26)15-7-9-16(20)10-8-15/h2-11,13H,12H2,1H3,(H,22,26)(H,23,27). The molecule has 0 radical (unpaired) electrons. The maximum absolute atomic E-state index is 12.9. The van der Waals surface area contributed by atoms with Gasteiger partial charge in [0.05, 0.1) is 18.4 Å². The van der Waals surface area contributed by atoms with Crippen molar-refractivity contribution in [3.8, 4) is 5.69 Å². The molecule has 27 heavy (non-hydrogen) atoms. The zero-order valence-corrected chi connectivity index (χ0v) is 14.6. The van der Waals surface area contributed by atoms with Crippen molar-refractivity contribution in [2.75, 3.05) is 7.05 Å². The van der Waals surface area contributed by atoms with Crippen LogP contribution in [0.5, 0.6) is 0 Å². The number of aromatic nitrogens is 2. The zero-order valence-electron chi connectivity index (χ0n) is 14.6. The number of benzene rings is 2. The van der Waals surface area contributed by atoms with E-state index in [0.717, 1.165) is 11.3 Å². The van der Waals surface area contributed by atoms with E-state index in [1.807, 2.05) is 36.5 Å². The molecule has 2 aromatic carbocycles. The summed E-state index contributed by atoms with van der Waals surface area (Å²) in [6.07, 6.45) is 3.50. The quantitative estimate of drug-likeness (QED) is 0.696. The Morgan fingerprint density at radius 2 is 1.78 bits per heavy atom. The monoisotopic (exact) mass is 367 g/mol. The van der Waals surface area contributed by atoms with Crippen LogP contribution >= 0.6 is 0 Å². The van der Waals surface area contributed by atoms with Gasteiger partial charge in [-0.15, -0.1) is 0 Å². The topological polar surface area (TPSA) is 79.3 Å². The number of carbonyl (C=O) groups excluding carboxylic acids is 2. The van der Waals surface area contributed by atoms with E-state index in [2.05, 4.69) is 16.0 Å². The molecule has 0 unspecified atom stereocenters. The van der Waals surface area contributed by atoms with E-state index >= 15 is 0 Å². The van der Waals surface area contributed by atoms with Crippen LogP contribution in [0.4, 0.5) is 9.18 Å². The lowest BCUT2D eigenvalue weighted by Crippen LogP contribution is -2.47. The van der Waals surface area contributed by atoms with Gasteiger partial charge in [-0.25, -0.2) is 19.3 Å². The van der Waals surface area contributed by atoms with Crippen molar-refractivity contribution in [1.29, 1.82) is 0 Å². The lowest BCUT2D eigenvalue weighted by atomic mass is 10.2. The number of carbonyl (C=O) groups is 2. The predicted molar refractivity (Wildman–Crippen MR) is 97.4 cm³/mol. The fourth-order valence-corrected chi connectivity index (χ4v) is 2.39. The van der Waals surface area contributed by atoms with Crippen LogP contribution in [-0.2, 0) is 6.54 Å². The minimum absolute atomic E-state index is 0.239. The maximum Gasteiger partial charge on any atom is 0.336 e. The third-order valence-corrected chi connectivity index (χ3v) is 3.81. The first-order valence-corrected chi connectivity index (χ1v) is 8.19. The van der Waals surface area contributed by atoms with Gasteiger partial charge in [-0.3, -0.25) is 10.2 Å². The van der Waals surface area contributed by atoms with Gasteiger partial charge in [0.2, 0.25) is 0 Å². The lowest BCUT2D eigenvalue weighted by molar-refractivity contribution is 0.0931. The molecule has 0 aliphatic carbocycles. The summed E-state index contributed by atoms with van der Waals surface area (Å²) in [5, 5.41) is 4.28. The van der Waals surface area contributed by atoms with E-state index in [4.69, 9.17) is 0 Å². The van der Waals surface area contributed by atoms with Crippen LogP contribution in [-0.4, -0.2) is 33.7 Å². The van der Waals surface area contributed by atoms with E-state index in [1.165, 1.54) is 29.2 Å². The molecule has 3 rings (SSSR count). The molecular formula is C19H18FN5O2. The Morgan fingerprint density at radius 1 is 1.07 bits per heavy atom. The number of hydrazine groups is 1. The minimum Gasteiger partial charge on any atom is -0.322 e. The molecule has 3 aromatic rings. The highest BCUT2D eigenvalue weighted by Crippen LogP contribution is 2.09. The molecule has 0 aliphatic heterocycles. The van der Waals surface area contributed by atoms with Crippen LogP contribution in [0.25, 0.3) is 5.69 Å². The second kappa shape index (κ2) is 8.13. The van der Waals surface area contributed by atoms with Crippen molar-refractivity contribution in [1.82, 2.24) is 25.5 Å². The number of rotatable bonds is 4. The zero-order chi connectivity index (χ0) is 19.2. The molecule has 1 aromatic heterocycles. The highest BCUT2D eigenvalue weighted by molar-refractivity contribution is 5.95. The van der Waals surface area contributed by atoms with Crippen molar-refractivity contribution in [2.45, 2.75) is 6.54 Å². The highest BCUT2D eigenvalue weighted by atomic mass is 19.1. The van der Waals surface area contributed by atoms with Crippen LogP contribution in [0.2, 0.25) is 0 Å². The summed E-state index contributed by atoms with van der Waals surface area (Å²) in [6.45, 7) is 0.311. The smallest absolute Gasteiger partial charge is 0.322 e. The summed E-state index contributed by atoms with van der Waals surface area (Å²) < 4.78 is 14.6. The molecular weight excluding hydrogens is 349 g/mol. The number of halogens is 1. The van der Waals surface area contributed by atoms with Crippen molar-refractivity contribution in [2.24, 2.45) is 0 Å². The van der Waals surface area contributed by atoms with E-state index in [9.17, 15) is 14.0 Å². The molecule has 8 heteroatoms. The fourth-order valence-electron chi connectivity index (χ4n) is 2.39. The number of hydrogen-bond donors (Lipinski definition) is 2. The van der Waals surface area contributed by atoms with Crippen molar-refractivity contribution >= 4 is 11.9 Å². The average molecular weight is 367 g/mol. The second-order valence-electron chi connectivity index (χ2n) is 5.88. The Bertz CT molecular complexity index is 925. The van der Waals surface area contributed by atoms with Crippen molar-refractivity contribution in [3.05, 3.63) is 83.9 Å². The summed E-state index contributed by atoms with van der Waals surface area (Å²) in [7, 11) is 1.60. The third-order valence-electron chi connectivity index (χ3n) is 3.81. The minimum atomic E-state index is -0.534. The van der Waals surface area contributed by atoms with Crippen LogP contribution in [0.3, 0.4) is 0 Å². The number of para-hydroxylation sites is 1. The van der Waals surface area contributed by atoms with Gasteiger partial charge in [-0.2, -0.15) is 5.10 Å². The molecule has 3 amide bonds. The lowest BCUT2D eigenvalue weighted by Gasteiger charge is -2.17. The van der Waals surface area contributed by atoms with Gasteiger partial charge < -0.3 is 4.90 Å². The van der Waals surface area contributed by atoms with Crippen LogP contribution in [0, 0.1) is 5.82 Å². The SMILES string of the molecule is CN(Cc1cnn(-c2ccccc2)c1)C(=O)NNC(=O)c1ccc(F)cc1. The van der Waals surface area contributed by atoms with E-state index < -0.39 is 17.8 Å². The molecule has 0 spiro atoms. The van der Waals surface area contributed by atoms with Gasteiger partial charge in [-0.05, 0) is 36.4 Å². The molecule has 0 saturated carbocycles. The van der Waals surface area contributed by atoms with E-state index in [-0.39, 0.29) is 5.56 Å². The van der Waals surface area contributed by atoms with Gasteiger partial charge in [0, 0.05) is 24.4 Å². The summed E-state index contributed by atoms with van der Waals surface area (Å²) in [6, 6.07) is 14.1. The second-order valence-corrected chi connectivity index (χ2v) is 5.88. The Balaban J connectivity index is 1.53. The number of amides is 3. The molecule has 1 heterocycles. The normalized spacial score (nSPS) is 10.3. The van der Waals surface area contributed by atoms with Gasteiger partial charge >= 0.3 is 6.03 Å². The first-order valence-electron chi connectivity index (χ1n) is 8.19. The van der Waals surface area contributed by atoms with Gasteiger partial charge in [0.15, 0.2) is 0 Å². The Labute approximate surface area is 155 Å². The largest absolute Gasteiger partial charge is 0.336 e. The average Bonchev–Trinajstić information content (AvgIpc) is 3.15. The molecule has 2 N–H and O–H groups in total. The van der Waals surface area contributed by atoms with E-state index in [1.54, 1.807) is 17.9 Å². The summed E-state index contributed by atoms with van der Waals surface area (Å²) in [5.41, 5.74) is 6.61. The molecule has 0 atom stereocenters. The Morgan fingerprint density at radius 3 is 2.48 bits per heavy atom. The predicted octanol–water partition coefficient (Wildman–Crippen LogP) is 2.50. The fraction of sp³-hybridized carbons (Fsp3) is 0.105. The van der Waals surface area contributed by atoms with Crippen LogP contribution in [0.1, 0.15) is 15.9 Å². The summed E-state index contributed by atoms with van der Waals surface area (Å²) >= 11 is 0. The third kappa shape index (κ3) is 4.69. The summed E-state index contributed by atoms with van der Waals surface area (Å²) in [4.78, 5) is 25.4. The highest BCUT2D eigenvalue weighted by Gasteiger charge is 2.12. The molecule has 0 bridgehead atoms. The number of nitrogens with one attached hydrogen (secondary N) is 2. The first-order chi connectivity index (χ1) is 13.0. The Hall–Kier alpha value is -3.68. The maximum atomic E-state index is 12.9. The number of hydrogen-bond acceptors (Lipinski definition) is 3. The van der Waals surface area contributed by atoms with Gasteiger partial charge in [-0.1, -0.05) is 18.2 Å². The molecule has 0 aliphatic rings. The van der Waals surface area contributed by atoms with Crippen LogP contribution < -0.4 is 10.9 Å². The van der Waals surface area contributed by atoms with Gasteiger partial charge in [0.25, 0.3) is 5.91 Å². The number of urea groups is 1. The molecule has 138 valence electrons. The first kappa shape index (κ1) is 18.1. The van der Waals surface area contributed by atoms with Crippen molar-refractivity contribution in [3.63, 3.8) is 0 Å². The number of nitrogens with zero attached hydrogens (tertiary/aromatic N) is 3. The van der Waals surface area contributed by atoms with Crippen molar-refractivity contribution < 1.29 is 14.0 Å². The van der Waals surface area contributed by atoms with Crippen LogP contribution in [0.15, 0.2) is 67.0 Å². The molecule has 0 saturated heterocycles. The molecule has 0 fully saturated rings.